The molecule has 0 heterocycles. The lowest BCUT2D eigenvalue weighted by molar-refractivity contribution is -0.138. The summed E-state index contributed by atoms with van der Waals surface area (Å²) in [6, 6.07) is 2.96. The first-order chi connectivity index (χ1) is 7.86. The zero-order chi connectivity index (χ0) is 13.1. The fourth-order valence-electron chi connectivity index (χ4n) is 1.27. The van der Waals surface area contributed by atoms with Gasteiger partial charge in [-0.15, -0.1) is 0 Å². The van der Waals surface area contributed by atoms with E-state index in [1.165, 1.54) is 18.7 Å². The van der Waals surface area contributed by atoms with Crippen molar-refractivity contribution < 1.29 is 27.9 Å². The van der Waals surface area contributed by atoms with Crippen LogP contribution in [0.5, 0.6) is 5.75 Å². The molecule has 1 amide bonds. The Bertz CT molecular complexity index is 418. The highest BCUT2D eigenvalue weighted by Crippen LogP contribution is 2.32. The van der Waals surface area contributed by atoms with Crippen molar-refractivity contribution in [3.63, 3.8) is 0 Å². The smallest absolute Gasteiger partial charge is 0.416 e. The minimum absolute atomic E-state index is 0.000523. The van der Waals surface area contributed by atoms with Gasteiger partial charge in [0.25, 0.3) is 0 Å². The van der Waals surface area contributed by atoms with E-state index in [0.29, 0.717) is 0 Å². The second-order valence-electron chi connectivity index (χ2n) is 3.28. The van der Waals surface area contributed by atoms with E-state index in [4.69, 9.17) is 9.94 Å². The number of alkyl halides is 3. The zero-order valence-electron chi connectivity index (χ0n) is 8.84. The molecule has 17 heavy (non-hydrogen) atoms. The number of amides is 1. The number of ether oxygens (including phenoxy) is 1. The summed E-state index contributed by atoms with van der Waals surface area (Å²) in [6.07, 6.45) is -4.88. The van der Waals surface area contributed by atoms with Crippen molar-refractivity contribution in [3.8, 4) is 5.75 Å². The number of carbonyl (C=O) groups excluding carboxylic acids is 1. The number of benzene rings is 1. The predicted molar refractivity (Wildman–Crippen MR) is 51.6 cm³/mol. The van der Waals surface area contributed by atoms with Gasteiger partial charge in [-0.25, -0.2) is 5.48 Å². The van der Waals surface area contributed by atoms with Crippen molar-refractivity contribution in [3.05, 3.63) is 29.3 Å². The molecule has 1 aromatic carbocycles. The van der Waals surface area contributed by atoms with Gasteiger partial charge in [0.05, 0.1) is 19.1 Å². The number of carbonyl (C=O) groups is 1. The summed E-state index contributed by atoms with van der Waals surface area (Å²) in [5.41, 5.74) is 0.543. The maximum atomic E-state index is 12.5. The number of hydroxylamine groups is 1. The lowest BCUT2D eigenvalue weighted by atomic mass is 10.1. The molecular formula is C10H10F3NO3. The summed E-state index contributed by atoms with van der Waals surface area (Å²) < 4.78 is 42.2. The molecule has 1 rings (SSSR count). The third-order valence-corrected chi connectivity index (χ3v) is 2.02. The average molecular weight is 249 g/mol. The molecule has 0 fully saturated rings. The van der Waals surface area contributed by atoms with Crippen LogP contribution in [0.15, 0.2) is 18.2 Å². The molecule has 0 radical (unpaired) electrons. The SMILES string of the molecule is COc1cc(CC(=O)NO)cc(C(F)(F)F)c1. The molecule has 1 aromatic rings. The van der Waals surface area contributed by atoms with Gasteiger partial charge in [0, 0.05) is 0 Å². The predicted octanol–water partition coefficient (Wildman–Crippen LogP) is 1.76. The second kappa shape index (κ2) is 5.05. The molecule has 0 saturated heterocycles. The first-order valence-corrected chi connectivity index (χ1v) is 4.55. The normalized spacial score (nSPS) is 11.1. The molecule has 0 bridgehead atoms. The van der Waals surface area contributed by atoms with Crippen LogP contribution in [-0.4, -0.2) is 18.2 Å². The molecule has 0 aliphatic carbocycles. The molecule has 0 atom stereocenters. The Morgan fingerprint density at radius 3 is 2.53 bits per heavy atom. The maximum Gasteiger partial charge on any atom is 0.416 e. The van der Waals surface area contributed by atoms with Gasteiger partial charge in [-0.1, -0.05) is 0 Å². The van der Waals surface area contributed by atoms with Gasteiger partial charge < -0.3 is 4.74 Å². The van der Waals surface area contributed by atoms with Crippen molar-refractivity contribution in [2.75, 3.05) is 7.11 Å². The monoisotopic (exact) mass is 249 g/mol. The van der Waals surface area contributed by atoms with Crippen LogP contribution in [0.25, 0.3) is 0 Å². The van der Waals surface area contributed by atoms with Gasteiger partial charge in [0.1, 0.15) is 5.75 Å². The molecular weight excluding hydrogens is 239 g/mol. The Kier molecular flexibility index (Phi) is 3.95. The summed E-state index contributed by atoms with van der Waals surface area (Å²) in [5, 5.41) is 8.30. The summed E-state index contributed by atoms with van der Waals surface area (Å²) in [4.78, 5) is 10.9. The van der Waals surface area contributed by atoms with Crippen molar-refractivity contribution in [2.24, 2.45) is 0 Å². The van der Waals surface area contributed by atoms with E-state index in [0.717, 1.165) is 12.1 Å². The van der Waals surface area contributed by atoms with Crippen molar-refractivity contribution in [1.82, 2.24) is 5.48 Å². The Morgan fingerprint density at radius 1 is 1.41 bits per heavy atom. The Morgan fingerprint density at radius 2 is 2.06 bits per heavy atom. The number of rotatable bonds is 3. The molecule has 94 valence electrons. The van der Waals surface area contributed by atoms with Gasteiger partial charge in [-0.2, -0.15) is 13.2 Å². The number of nitrogens with one attached hydrogen (secondary N) is 1. The average Bonchev–Trinajstić information content (AvgIpc) is 2.27. The number of hydrogen-bond acceptors (Lipinski definition) is 3. The molecule has 0 aliphatic heterocycles. The fraction of sp³-hybridized carbons (Fsp3) is 0.300. The van der Waals surface area contributed by atoms with E-state index in [1.807, 2.05) is 0 Å². The topological polar surface area (TPSA) is 58.6 Å². The van der Waals surface area contributed by atoms with Crippen LogP contribution in [0, 0.1) is 0 Å². The van der Waals surface area contributed by atoms with E-state index < -0.39 is 17.6 Å². The lowest BCUT2D eigenvalue weighted by Gasteiger charge is -2.11. The highest BCUT2D eigenvalue weighted by Gasteiger charge is 2.31. The minimum Gasteiger partial charge on any atom is -0.497 e. The molecule has 0 aliphatic rings. The van der Waals surface area contributed by atoms with Crippen LogP contribution in [0.3, 0.4) is 0 Å². The second-order valence-corrected chi connectivity index (χ2v) is 3.28. The Hall–Kier alpha value is -1.76. The quantitative estimate of drug-likeness (QED) is 0.634. The minimum atomic E-state index is -4.51. The lowest BCUT2D eigenvalue weighted by Crippen LogP contribution is -2.21. The fourth-order valence-corrected chi connectivity index (χ4v) is 1.27. The third kappa shape index (κ3) is 3.63. The van der Waals surface area contributed by atoms with E-state index in [1.54, 1.807) is 0 Å². The van der Waals surface area contributed by atoms with E-state index in [9.17, 15) is 18.0 Å². The highest BCUT2D eigenvalue weighted by molar-refractivity contribution is 5.77. The van der Waals surface area contributed by atoms with Crippen LogP contribution in [-0.2, 0) is 17.4 Å². The highest BCUT2D eigenvalue weighted by atomic mass is 19.4. The van der Waals surface area contributed by atoms with Crippen molar-refractivity contribution in [1.29, 1.82) is 0 Å². The molecule has 0 aromatic heterocycles. The Balaban J connectivity index is 3.10. The Labute approximate surface area is 95.0 Å². The van der Waals surface area contributed by atoms with Gasteiger partial charge in [-0.3, -0.25) is 10.0 Å². The molecule has 0 saturated carbocycles. The number of methoxy groups -OCH3 is 1. The van der Waals surface area contributed by atoms with Crippen LogP contribution in [0.2, 0.25) is 0 Å². The van der Waals surface area contributed by atoms with E-state index in [-0.39, 0.29) is 17.7 Å². The van der Waals surface area contributed by atoms with Gasteiger partial charge in [0.2, 0.25) is 5.91 Å². The standard InChI is InChI=1S/C10H10F3NO3/c1-17-8-3-6(4-9(15)14-16)2-7(5-8)10(11,12)13/h2-3,5,16H,4H2,1H3,(H,14,15). The summed E-state index contributed by atoms with van der Waals surface area (Å²) in [7, 11) is 1.23. The summed E-state index contributed by atoms with van der Waals surface area (Å²) >= 11 is 0. The number of halogens is 3. The largest absolute Gasteiger partial charge is 0.497 e. The van der Waals surface area contributed by atoms with E-state index >= 15 is 0 Å². The van der Waals surface area contributed by atoms with Crippen LogP contribution in [0.4, 0.5) is 13.2 Å². The molecule has 0 spiro atoms. The summed E-state index contributed by atoms with van der Waals surface area (Å²) in [6.45, 7) is 0. The van der Waals surface area contributed by atoms with Gasteiger partial charge in [0.15, 0.2) is 0 Å². The van der Waals surface area contributed by atoms with Crippen molar-refractivity contribution in [2.45, 2.75) is 12.6 Å². The first-order valence-electron chi connectivity index (χ1n) is 4.55. The van der Waals surface area contributed by atoms with Gasteiger partial charge >= 0.3 is 6.18 Å². The number of hydrogen-bond donors (Lipinski definition) is 2. The molecule has 0 unspecified atom stereocenters. The third-order valence-electron chi connectivity index (χ3n) is 2.02. The van der Waals surface area contributed by atoms with Crippen LogP contribution in [0.1, 0.15) is 11.1 Å². The van der Waals surface area contributed by atoms with Crippen molar-refractivity contribution >= 4 is 5.91 Å². The zero-order valence-corrected chi connectivity index (χ0v) is 8.84. The van der Waals surface area contributed by atoms with Gasteiger partial charge in [-0.05, 0) is 23.8 Å². The maximum absolute atomic E-state index is 12.5. The van der Waals surface area contributed by atoms with Crippen LogP contribution >= 0.6 is 0 Å². The molecule has 4 nitrogen and oxygen atoms in total. The molecule has 7 heteroatoms. The molecule has 2 N–H and O–H groups in total. The summed E-state index contributed by atoms with van der Waals surface area (Å²) in [5.74, 6) is -0.799. The first kappa shape index (κ1) is 13.3. The van der Waals surface area contributed by atoms with E-state index in [2.05, 4.69) is 0 Å². The van der Waals surface area contributed by atoms with Crippen LogP contribution < -0.4 is 10.2 Å².